The second-order valence-electron chi connectivity index (χ2n) is 3.29. The van der Waals surface area contributed by atoms with Gasteiger partial charge < -0.3 is 20.6 Å². The third-order valence-electron chi connectivity index (χ3n) is 1.95. The van der Waals surface area contributed by atoms with Crippen molar-refractivity contribution in [2.24, 2.45) is 5.73 Å². The van der Waals surface area contributed by atoms with E-state index in [2.05, 4.69) is 10.2 Å². The molecule has 6 nitrogen and oxygen atoms in total. The fraction of sp³-hybridized carbons (Fsp3) is 0.500. The van der Waals surface area contributed by atoms with Gasteiger partial charge in [0.1, 0.15) is 0 Å². The van der Waals surface area contributed by atoms with Crippen molar-refractivity contribution in [3.8, 4) is 0 Å². The quantitative estimate of drug-likeness (QED) is 0.417. The van der Waals surface area contributed by atoms with Gasteiger partial charge in [-0.3, -0.25) is 4.79 Å². The number of rotatable bonds is 6. The van der Waals surface area contributed by atoms with Crippen LogP contribution in [0.4, 0.5) is 0 Å². The summed E-state index contributed by atoms with van der Waals surface area (Å²) >= 11 is 0. The van der Waals surface area contributed by atoms with Crippen molar-refractivity contribution in [3.63, 3.8) is 0 Å². The number of nitrogens with two attached hydrogens (primary N) is 1. The zero-order valence-corrected chi connectivity index (χ0v) is 8.68. The van der Waals surface area contributed by atoms with Crippen molar-refractivity contribution in [1.29, 1.82) is 0 Å². The smallest absolute Gasteiger partial charge is 0.373 e. The molecular formula is C8H15BN4O2. The van der Waals surface area contributed by atoms with E-state index in [9.17, 15) is 4.79 Å². The standard InChI is InChI=1S/C8H15BN4O2/c1-9(15)12-3-2-5-13-6-4-11-8(13)7(10)14/h4,6,12,15H,2-3,5H2,1H3,(H2,10,14). The van der Waals surface area contributed by atoms with Gasteiger partial charge in [0, 0.05) is 18.9 Å². The van der Waals surface area contributed by atoms with Crippen molar-refractivity contribution < 1.29 is 9.82 Å². The molecule has 15 heavy (non-hydrogen) atoms. The zero-order valence-electron chi connectivity index (χ0n) is 8.68. The average molecular weight is 210 g/mol. The molecule has 0 aliphatic carbocycles. The highest BCUT2D eigenvalue weighted by molar-refractivity contribution is 6.45. The highest BCUT2D eigenvalue weighted by Gasteiger charge is 2.08. The highest BCUT2D eigenvalue weighted by atomic mass is 16.2. The summed E-state index contributed by atoms with van der Waals surface area (Å²) in [6.07, 6.45) is 4.05. The maximum atomic E-state index is 10.9. The molecule has 1 rings (SSSR count). The van der Waals surface area contributed by atoms with Crippen LogP contribution < -0.4 is 11.0 Å². The van der Waals surface area contributed by atoms with Gasteiger partial charge in [-0.2, -0.15) is 0 Å². The number of nitrogens with zero attached hydrogens (tertiary/aromatic N) is 2. The fourth-order valence-corrected chi connectivity index (χ4v) is 1.28. The Hall–Kier alpha value is -1.34. The Bertz CT molecular complexity index is 326. The first-order chi connectivity index (χ1) is 7.11. The van der Waals surface area contributed by atoms with Gasteiger partial charge >= 0.3 is 7.05 Å². The van der Waals surface area contributed by atoms with Gasteiger partial charge in [0.15, 0.2) is 5.82 Å². The molecule has 82 valence electrons. The largest absolute Gasteiger partial charge is 0.437 e. The van der Waals surface area contributed by atoms with E-state index >= 15 is 0 Å². The van der Waals surface area contributed by atoms with Crippen LogP contribution in [0.3, 0.4) is 0 Å². The normalized spacial score (nSPS) is 10.3. The van der Waals surface area contributed by atoms with Gasteiger partial charge in [-0.15, -0.1) is 0 Å². The van der Waals surface area contributed by atoms with Crippen LogP contribution >= 0.6 is 0 Å². The van der Waals surface area contributed by atoms with Crippen molar-refractivity contribution in [1.82, 2.24) is 14.8 Å². The summed E-state index contributed by atoms with van der Waals surface area (Å²) in [5.41, 5.74) is 5.13. The van der Waals surface area contributed by atoms with E-state index in [1.54, 1.807) is 23.8 Å². The van der Waals surface area contributed by atoms with E-state index in [1.165, 1.54) is 0 Å². The summed E-state index contributed by atoms with van der Waals surface area (Å²) in [6.45, 7) is 2.98. The Kier molecular flexibility index (Phi) is 4.32. The first-order valence-electron chi connectivity index (χ1n) is 4.83. The minimum atomic E-state index is -0.525. The number of hydrogen-bond donors (Lipinski definition) is 3. The van der Waals surface area contributed by atoms with Gasteiger partial charge in [-0.05, 0) is 19.8 Å². The molecule has 1 aromatic rings. The summed E-state index contributed by atoms with van der Waals surface area (Å²) in [7, 11) is -0.511. The number of primary amides is 1. The Morgan fingerprint density at radius 1 is 1.80 bits per heavy atom. The first kappa shape index (κ1) is 11.7. The molecule has 0 bridgehead atoms. The van der Waals surface area contributed by atoms with Crippen LogP contribution in [0.15, 0.2) is 12.4 Å². The number of carbonyl (C=O) groups is 1. The maximum Gasteiger partial charge on any atom is 0.373 e. The molecule has 0 atom stereocenters. The second kappa shape index (κ2) is 5.52. The molecule has 1 amide bonds. The lowest BCUT2D eigenvalue weighted by Gasteiger charge is -2.06. The van der Waals surface area contributed by atoms with Crippen LogP contribution in [0.1, 0.15) is 17.0 Å². The van der Waals surface area contributed by atoms with E-state index in [4.69, 9.17) is 10.8 Å². The maximum absolute atomic E-state index is 10.9. The number of hydrogen-bond acceptors (Lipinski definition) is 4. The summed E-state index contributed by atoms with van der Waals surface area (Å²) in [5, 5.41) is 11.8. The molecule has 0 radical (unpaired) electrons. The molecule has 4 N–H and O–H groups in total. The van der Waals surface area contributed by atoms with Crippen LogP contribution in [-0.2, 0) is 6.54 Å². The van der Waals surface area contributed by atoms with E-state index in [0.717, 1.165) is 6.42 Å². The molecule has 0 aliphatic rings. The summed E-state index contributed by atoms with van der Waals surface area (Å²) < 4.78 is 1.70. The summed E-state index contributed by atoms with van der Waals surface area (Å²) in [5.74, 6) is -0.254. The predicted molar refractivity (Wildman–Crippen MR) is 57.2 cm³/mol. The lowest BCUT2D eigenvalue weighted by Crippen LogP contribution is -2.31. The van der Waals surface area contributed by atoms with E-state index in [1.807, 2.05) is 0 Å². The van der Waals surface area contributed by atoms with E-state index in [-0.39, 0.29) is 5.82 Å². The molecule has 0 spiro atoms. The average Bonchev–Trinajstić information content (AvgIpc) is 2.60. The first-order valence-corrected chi connectivity index (χ1v) is 4.83. The lowest BCUT2D eigenvalue weighted by atomic mass is 9.89. The third kappa shape index (κ3) is 3.73. The fourth-order valence-electron chi connectivity index (χ4n) is 1.28. The third-order valence-corrected chi connectivity index (χ3v) is 1.95. The van der Waals surface area contributed by atoms with Gasteiger partial charge in [-0.25, -0.2) is 4.98 Å². The van der Waals surface area contributed by atoms with Gasteiger partial charge in [0.2, 0.25) is 0 Å². The SMILES string of the molecule is CB(O)NCCCn1ccnc1C(N)=O. The molecule has 0 unspecified atom stereocenters. The molecule has 1 heterocycles. The van der Waals surface area contributed by atoms with Gasteiger partial charge in [0.25, 0.3) is 5.91 Å². The van der Waals surface area contributed by atoms with Crippen molar-refractivity contribution >= 4 is 13.0 Å². The molecule has 0 aromatic carbocycles. The number of nitrogens with one attached hydrogen (secondary N) is 1. The lowest BCUT2D eigenvalue weighted by molar-refractivity contribution is 0.0986. The Morgan fingerprint density at radius 3 is 3.13 bits per heavy atom. The topological polar surface area (TPSA) is 93.2 Å². The zero-order chi connectivity index (χ0) is 11.3. The minimum absolute atomic E-state index is 0.270. The number of amides is 1. The van der Waals surface area contributed by atoms with Crippen molar-refractivity contribution in [2.75, 3.05) is 6.54 Å². The molecule has 7 heteroatoms. The Balaban J connectivity index is 2.37. The number of aryl methyl sites for hydroxylation is 1. The molecule has 0 aliphatic heterocycles. The van der Waals surface area contributed by atoms with Gasteiger partial charge in [0.05, 0.1) is 0 Å². The Labute approximate surface area is 88.6 Å². The Morgan fingerprint density at radius 2 is 2.53 bits per heavy atom. The van der Waals surface area contributed by atoms with Crippen molar-refractivity contribution in [3.05, 3.63) is 18.2 Å². The van der Waals surface area contributed by atoms with Crippen molar-refractivity contribution in [2.45, 2.75) is 19.8 Å². The van der Waals surface area contributed by atoms with Crippen LogP contribution in [-0.4, -0.2) is 34.1 Å². The summed E-state index contributed by atoms with van der Waals surface area (Å²) in [4.78, 5) is 14.8. The van der Waals surface area contributed by atoms with Crippen LogP contribution in [0.5, 0.6) is 0 Å². The number of aromatic nitrogens is 2. The summed E-state index contributed by atoms with van der Waals surface area (Å²) in [6, 6.07) is 0. The van der Waals surface area contributed by atoms with Crippen LogP contribution in [0.25, 0.3) is 0 Å². The minimum Gasteiger partial charge on any atom is -0.437 e. The van der Waals surface area contributed by atoms with Crippen LogP contribution in [0.2, 0.25) is 6.82 Å². The second-order valence-corrected chi connectivity index (χ2v) is 3.29. The molecule has 0 saturated carbocycles. The molecular weight excluding hydrogens is 195 g/mol. The molecule has 1 aromatic heterocycles. The molecule has 0 fully saturated rings. The van der Waals surface area contributed by atoms with Crippen LogP contribution in [0, 0.1) is 0 Å². The van der Waals surface area contributed by atoms with Gasteiger partial charge in [-0.1, -0.05) is 0 Å². The highest BCUT2D eigenvalue weighted by Crippen LogP contribution is 1.97. The molecule has 0 saturated heterocycles. The van der Waals surface area contributed by atoms with E-state index < -0.39 is 13.0 Å². The number of carbonyl (C=O) groups excluding carboxylic acids is 1. The predicted octanol–water partition coefficient (Wildman–Crippen LogP) is -0.928. The monoisotopic (exact) mass is 210 g/mol. The number of imidazole rings is 1. The van der Waals surface area contributed by atoms with E-state index in [0.29, 0.717) is 13.1 Å².